The van der Waals surface area contributed by atoms with Gasteiger partial charge in [-0.05, 0) is 31.2 Å². The molecule has 0 spiro atoms. The van der Waals surface area contributed by atoms with Crippen LogP contribution in [0.15, 0.2) is 41.0 Å². The summed E-state index contributed by atoms with van der Waals surface area (Å²) in [5.74, 6) is 0.656. The summed E-state index contributed by atoms with van der Waals surface area (Å²) < 4.78 is 10.5. The number of hydrazine groups is 1. The normalized spacial score (nSPS) is 10.1. The van der Waals surface area contributed by atoms with Crippen molar-refractivity contribution in [2.75, 3.05) is 20.2 Å². The van der Waals surface area contributed by atoms with Crippen molar-refractivity contribution >= 4 is 23.5 Å². The van der Waals surface area contributed by atoms with Gasteiger partial charge in [-0.1, -0.05) is 17.7 Å². The summed E-state index contributed by atoms with van der Waals surface area (Å²) in [7, 11) is 1.59. The SMILES string of the molecule is Cc1occc1C(=O)NNC(=O)N(C)CCOc1cccc(Cl)c1. The van der Waals surface area contributed by atoms with Crippen LogP contribution in [0.25, 0.3) is 0 Å². The molecule has 24 heavy (non-hydrogen) atoms. The molecule has 0 fully saturated rings. The van der Waals surface area contributed by atoms with E-state index < -0.39 is 11.9 Å². The monoisotopic (exact) mass is 351 g/mol. The van der Waals surface area contributed by atoms with Gasteiger partial charge in [-0.2, -0.15) is 0 Å². The fraction of sp³-hybridized carbons (Fsp3) is 0.250. The van der Waals surface area contributed by atoms with Gasteiger partial charge in [0.25, 0.3) is 5.91 Å². The number of ether oxygens (including phenoxy) is 1. The molecule has 128 valence electrons. The fourth-order valence-electron chi connectivity index (χ4n) is 1.85. The second kappa shape index (κ2) is 8.26. The summed E-state index contributed by atoms with van der Waals surface area (Å²) in [6.45, 7) is 2.29. The fourth-order valence-corrected chi connectivity index (χ4v) is 2.03. The third kappa shape index (κ3) is 4.92. The van der Waals surface area contributed by atoms with Gasteiger partial charge in [-0.3, -0.25) is 10.2 Å². The van der Waals surface area contributed by atoms with Crippen molar-refractivity contribution < 1.29 is 18.7 Å². The van der Waals surface area contributed by atoms with Gasteiger partial charge in [0.2, 0.25) is 0 Å². The minimum atomic E-state index is -0.459. The molecule has 0 bridgehead atoms. The number of rotatable bonds is 5. The summed E-state index contributed by atoms with van der Waals surface area (Å²) in [5.41, 5.74) is 5.01. The van der Waals surface area contributed by atoms with Crippen LogP contribution in [0.4, 0.5) is 4.79 Å². The van der Waals surface area contributed by atoms with Crippen molar-refractivity contribution in [1.82, 2.24) is 15.8 Å². The smallest absolute Gasteiger partial charge is 0.335 e. The standard InChI is InChI=1S/C16H18ClN3O4/c1-11-14(6-8-23-11)15(21)18-19-16(22)20(2)7-9-24-13-5-3-4-12(17)10-13/h3-6,8,10H,7,9H2,1-2H3,(H,18,21)(H,19,22). The van der Waals surface area contributed by atoms with E-state index in [2.05, 4.69) is 10.9 Å². The Labute approximate surface area is 144 Å². The van der Waals surface area contributed by atoms with Gasteiger partial charge in [-0.25, -0.2) is 10.2 Å². The summed E-state index contributed by atoms with van der Waals surface area (Å²) in [6.07, 6.45) is 1.41. The summed E-state index contributed by atoms with van der Waals surface area (Å²) >= 11 is 5.86. The molecule has 0 radical (unpaired) electrons. The Bertz CT molecular complexity index is 717. The zero-order valence-electron chi connectivity index (χ0n) is 13.3. The molecule has 0 aliphatic heterocycles. The largest absolute Gasteiger partial charge is 0.492 e. The van der Waals surface area contributed by atoms with E-state index in [4.69, 9.17) is 20.8 Å². The second-order valence-electron chi connectivity index (χ2n) is 5.00. The number of likely N-dealkylation sites (N-methyl/N-ethyl adjacent to an activating group) is 1. The maximum Gasteiger partial charge on any atom is 0.335 e. The van der Waals surface area contributed by atoms with Gasteiger partial charge in [0.1, 0.15) is 18.1 Å². The molecule has 2 N–H and O–H groups in total. The van der Waals surface area contributed by atoms with E-state index >= 15 is 0 Å². The number of urea groups is 1. The molecule has 8 heteroatoms. The van der Waals surface area contributed by atoms with Gasteiger partial charge >= 0.3 is 6.03 Å². The van der Waals surface area contributed by atoms with Crippen LogP contribution < -0.4 is 15.6 Å². The molecule has 7 nitrogen and oxygen atoms in total. The van der Waals surface area contributed by atoms with Crippen molar-refractivity contribution in [2.24, 2.45) is 0 Å². The number of amides is 3. The molecule has 0 aliphatic carbocycles. The lowest BCUT2D eigenvalue weighted by molar-refractivity contribution is 0.0929. The highest BCUT2D eigenvalue weighted by molar-refractivity contribution is 6.30. The molecule has 0 aliphatic rings. The van der Waals surface area contributed by atoms with Gasteiger partial charge in [0.15, 0.2) is 0 Å². The Morgan fingerprint density at radius 1 is 1.29 bits per heavy atom. The molecule has 1 heterocycles. The molecule has 3 amide bonds. The van der Waals surface area contributed by atoms with Crippen molar-refractivity contribution in [3.63, 3.8) is 0 Å². The maximum absolute atomic E-state index is 11.9. The van der Waals surface area contributed by atoms with Crippen LogP contribution in [0.2, 0.25) is 5.02 Å². The Morgan fingerprint density at radius 3 is 2.75 bits per heavy atom. The van der Waals surface area contributed by atoms with Crippen molar-refractivity contribution in [2.45, 2.75) is 6.92 Å². The summed E-state index contributed by atoms with van der Waals surface area (Å²) in [6, 6.07) is 8.06. The van der Waals surface area contributed by atoms with Crippen molar-refractivity contribution in [3.8, 4) is 5.75 Å². The number of aryl methyl sites for hydroxylation is 1. The van der Waals surface area contributed by atoms with E-state index in [-0.39, 0.29) is 0 Å². The topological polar surface area (TPSA) is 83.8 Å². The Morgan fingerprint density at radius 2 is 2.08 bits per heavy atom. The van der Waals surface area contributed by atoms with Crippen LogP contribution in [0.1, 0.15) is 16.1 Å². The van der Waals surface area contributed by atoms with Crippen LogP contribution in [0.3, 0.4) is 0 Å². The lowest BCUT2D eigenvalue weighted by atomic mass is 10.2. The first-order valence-electron chi connectivity index (χ1n) is 7.21. The highest BCUT2D eigenvalue weighted by Crippen LogP contribution is 2.16. The molecule has 0 unspecified atom stereocenters. The van der Waals surface area contributed by atoms with E-state index in [1.54, 1.807) is 38.2 Å². The Balaban J connectivity index is 1.72. The van der Waals surface area contributed by atoms with Gasteiger partial charge in [0.05, 0.1) is 18.4 Å². The average molecular weight is 352 g/mol. The number of nitrogens with zero attached hydrogens (tertiary/aromatic N) is 1. The third-order valence-electron chi connectivity index (χ3n) is 3.22. The van der Waals surface area contributed by atoms with Crippen LogP contribution in [-0.2, 0) is 0 Å². The maximum atomic E-state index is 11.9. The number of carbonyl (C=O) groups excluding carboxylic acids is 2. The van der Waals surface area contributed by atoms with E-state index in [0.29, 0.717) is 35.2 Å². The quantitative estimate of drug-likeness (QED) is 0.811. The highest BCUT2D eigenvalue weighted by atomic mass is 35.5. The molecular weight excluding hydrogens is 334 g/mol. The van der Waals surface area contributed by atoms with Crippen LogP contribution in [-0.4, -0.2) is 37.0 Å². The first kappa shape index (κ1) is 17.7. The third-order valence-corrected chi connectivity index (χ3v) is 3.46. The predicted octanol–water partition coefficient (Wildman–Crippen LogP) is 2.61. The van der Waals surface area contributed by atoms with Crippen molar-refractivity contribution in [3.05, 3.63) is 52.9 Å². The molecule has 2 aromatic rings. The minimum absolute atomic E-state index is 0.291. The second-order valence-corrected chi connectivity index (χ2v) is 5.44. The minimum Gasteiger partial charge on any atom is -0.492 e. The first-order valence-corrected chi connectivity index (χ1v) is 7.59. The Hall–Kier alpha value is -2.67. The number of halogens is 1. The van der Waals surface area contributed by atoms with E-state index in [9.17, 15) is 9.59 Å². The zero-order chi connectivity index (χ0) is 17.5. The molecule has 1 aromatic carbocycles. The number of hydrogen-bond donors (Lipinski definition) is 2. The number of carbonyl (C=O) groups is 2. The van der Waals surface area contributed by atoms with E-state index in [1.807, 2.05) is 0 Å². The highest BCUT2D eigenvalue weighted by Gasteiger charge is 2.14. The van der Waals surface area contributed by atoms with Crippen LogP contribution in [0.5, 0.6) is 5.75 Å². The molecular formula is C16H18ClN3O4. The zero-order valence-corrected chi connectivity index (χ0v) is 14.1. The average Bonchev–Trinajstić information content (AvgIpc) is 2.98. The molecule has 0 saturated heterocycles. The molecule has 0 atom stereocenters. The summed E-state index contributed by atoms with van der Waals surface area (Å²) in [4.78, 5) is 25.1. The number of furan rings is 1. The van der Waals surface area contributed by atoms with Crippen LogP contribution in [0, 0.1) is 6.92 Å². The number of benzene rings is 1. The molecule has 1 aromatic heterocycles. The molecule has 2 rings (SSSR count). The van der Waals surface area contributed by atoms with Gasteiger partial charge < -0.3 is 14.1 Å². The van der Waals surface area contributed by atoms with Gasteiger partial charge in [0, 0.05) is 12.1 Å². The number of nitrogens with one attached hydrogen (secondary N) is 2. The molecule has 0 saturated carbocycles. The van der Waals surface area contributed by atoms with Gasteiger partial charge in [-0.15, -0.1) is 0 Å². The van der Waals surface area contributed by atoms with Crippen molar-refractivity contribution in [1.29, 1.82) is 0 Å². The summed E-state index contributed by atoms with van der Waals surface area (Å²) in [5, 5.41) is 0.579. The van der Waals surface area contributed by atoms with E-state index in [1.165, 1.54) is 17.2 Å². The van der Waals surface area contributed by atoms with E-state index in [0.717, 1.165) is 0 Å². The lowest BCUT2D eigenvalue weighted by Gasteiger charge is -2.18. The predicted molar refractivity (Wildman–Crippen MR) is 89.0 cm³/mol. The van der Waals surface area contributed by atoms with Crippen LogP contribution >= 0.6 is 11.6 Å². The Kier molecular flexibility index (Phi) is 6.08. The number of hydrogen-bond acceptors (Lipinski definition) is 4. The lowest BCUT2D eigenvalue weighted by Crippen LogP contribution is -2.48. The first-order chi connectivity index (χ1) is 11.5.